The van der Waals surface area contributed by atoms with Crippen molar-refractivity contribution in [1.29, 1.82) is 0 Å². The van der Waals surface area contributed by atoms with E-state index in [1.807, 2.05) is 0 Å². The van der Waals surface area contributed by atoms with Crippen molar-refractivity contribution in [3.8, 4) is 0 Å². The Labute approximate surface area is 186 Å². The van der Waals surface area contributed by atoms with Crippen molar-refractivity contribution in [3.63, 3.8) is 0 Å². The molecule has 6 aliphatic carbocycles. The molecule has 0 heterocycles. The van der Waals surface area contributed by atoms with Gasteiger partial charge in [-0.3, -0.25) is 14.4 Å². The third-order valence-electron chi connectivity index (χ3n) is 10.7. The molecule has 4 heteroatoms. The summed E-state index contributed by atoms with van der Waals surface area (Å²) in [6.45, 7) is 9.00. The molecule has 0 radical (unpaired) electrons. The van der Waals surface area contributed by atoms with Gasteiger partial charge in [-0.2, -0.15) is 0 Å². The minimum absolute atomic E-state index is 0.00242. The Balaban J connectivity index is 1.65. The molecule has 4 nitrogen and oxygen atoms in total. The third kappa shape index (κ3) is 2.57. The second kappa shape index (κ2) is 6.78. The highest BCUT2D eigenvalue weighted by atomic mass is 16.5. The summed E-state index contributed by atoms with van der Waals surface area (Å²) in [4.78, 5) is 39.5. The fourth-order valence-electron chi connectivity index (χ4n) is 9.56. The number of ether oxygens (including phenoxy) is 1. The van der Waals surface area contributed by atoms with Gasteiger partial charge in [0.15, 0.2) is 0 Å². The minimum atomic E-state index is -0.448. The fraction of sp³-hybridized carbons (Fsp3) is 0.815. The van der Waals surface area contributed by atoms with Gasteiger partial charge >= 0.3 is 5.97 Å². The van der Waals surface area contributed by atoms with Gasteiger partial charge in [-0.1, -0.05) is 38.8 Å². The lowest BCUT2D eigenvalue weighted by molar-refractivity contribution is -0.201. The number of esters is 1. The Morgan fingerprint density at radius 1 is 1.06 bits per heavy atom. The third-order valence-corrected chi connectivity index (χ3v) is 10.7. The number of carbonyl (C=O) groups excluding carboxylic acids is 3. The number of allylic oxidation sites excluding steroid dienone is 2. The van der Waals surface area contributed by atoms with Crippen molar-refractivity contribution in [1.82, 2.24) is 0 Å². The molecule has 4 fully saturated rings. The van der Waals surface area contributed by atoms with Crippen LogP contribution in [0, 0.1) is 51.8 Å². The van der Waals surface area contributed by atoms with Crippen molar-refractivity contribution in [2.24, 2.45) is 51.8 Å². The summed E-state index contributed by atoms with van der Waals surface area (Å²) in [6, 6.07) is 0. The first kappa shape index (κ1) is 21.4. The fourth-order valence-corrected chi connectivity index (χ4v) is 9.56. The molecule has 0 aromatic rings. The maximum absolute atomic E-state index is 13.4. The molecule has 0 N–H and O–H groups in total. The van der Waals surface area contributed by atoms with Crippen LogP contribution in [0.5, 0.6) is 0 Å². The summed E-state index contributed by atoms with van der Waals surface area (Å²) in [7, 11) is 1.51. The SMILES string of the molecule is COC(=O)[C@@]1(C)CCC[C@@]2(C)C3CC4C(C(C)C)=CC3(CCC21)[C@@H]1C(=O)CCC(=O)[C@H]41. The molecule has 0 aromatic carbocycles. The van der Waals surface area contributed by atoms with Crippen LogP contribution < -0.4 is 0 Å². The maximum Gasteiger partial charge on any atom is 0.311 e. The van der Waals surface area contributed by atoms with E-state index >= 15 is 0 Å². The molecule has 4 unspecified atom stereocenters. The molecule has 6 rings (SSSR count). The quantitative estimate of drug-likeness (QED) is 0.453. The highest BCUT2D eigenvalue weighted by molar-refractivity contribution is 5.98. The first-order valence-corrected chi connectivity index (χ1v) is 12.5. The van der Waals surface area contributed by atoms with Crippen LogP contribution in [-0.4, -0.2) is 24.6 Å². The monoisotopic (exact) mass is 426 g/mol. The smallest absolute Gasteiger partial charge is 0.311 e. The van der Waals surface area contributed by atoms with Crippen LogP contribution in [0.25, 0.3) is 0 Å². The van der Waals surface area contributed by atoms with Crippen LogP contribution in [0.2, 0.25) is 0 Å². The van der Waals surface area contributed by atoms with Gasteiger partial charge in [0.25, 0.3) is 0 Å². The molecular weight excluding hydrogens is 388 g/mol. The van der Waals surface area contributed by atoms with E-state index in [0.29, 0.717) is 36.2 Å². The highest BCUT2D eigenvalue weighted by Crippen LogP contribution is 2.74. The van der Waals surface area contributed by atoms with E-state index in [2.05, 4.69) is 33.8 Å². The largest absolute Gasteiger partial charge is 0.469 e. The number of methoxy groups -OCH3 is 1. The summed E-state index contributed by atoms with van der Waals surface area (Å²) >= 11 is 0. The summed E-state index contributed by atoms with van der Waals surface area (Å²) in [5, 5.41) is 0. The van der Waals surface area contributed by atoms with Crippen LogP contribution in [0.4, 0.5) is 0 Å². The average Bonchev–Trinajstić information content (AvgIpc) is 2.74. The van der Waals surface area contributed by atoms with E-state index in [-0.39, 0.29) is 40.5 Å². The van der Waals surface area contributed by atoms with Gasteiger partial charge in [0.05, 0.1) is 12.5 Å². The lowest BCUT2D eigenvalue weighted by atomic mass is 9.33. The zero-order valence-corrected chi connectivity index (χ0v) is 19.8. The Bertz CT molecular complexity index is 870. The van der Waals surface area contributed by atoms with E-state index in [0.717, 1.165) is 38.5 Å². The highest BCUT2D eigenvalue weighted by Gasteiger charge is 2.70. The van der Waals surface area contributed by atoms with E-state index in [1.54, 1.807) is 0 Å². The Morgan fingerprint density at radius 3 is 2.45 bits per heavy atom. The number of fused-ring (bicyclic) bond motifs is 1. The number of rotatable bonds is 2. The van der Waals surface area contributed by atoms with Gasteiger partial charge in [-0.05, 0) is 68.1 Å². The second-order valence-electron chi connectivity index (χ2n) is 12.1. The van der Waals surface area contributed by atoms with Crippen molar-refractivity contribution in [2.75, 3.05) is 7.11 Å². The van der Waals surface area contributed by atoms with Crippen molar-refractivity contribution in [3.05, 3.63) is 11.6 Å². The Kier molecular flexibility index (Phi) is 4.68. The van der Waals surface area contributed by atoms with Crippen LogP contribution in [0.1, 0.15) is 79.1 Å². The standard InChI is InChI=1S/C27H38O4/c1-15(2)17-14-27-12-9-20-25(3,10-6-11-26(20,4)24(30)31-5)21(27)13-16(17)22-18(28)7-8-19(29)23(22)27/h14-16,20-23H,6-13H2,1-5H3/t16?,20?,21?,22-,23+,25+,26-,27?/m0/s1. The minimum Gasteiger partial charge on any atom is -0.469 e. The van der Waals surface area contributed by atoms with Gasteiger partial charge in [-0.25, -0.2) is 0 Å². The molecule has 0 aromatic heterocycles. The van der Waals surface area contributed by atoms with Crippen LogP contribution in [0.15, 0.2) is 11.6 Å². The van der Waals surface area contributed by atoms with E-state index in [9.17, 15) is 14.4 Å². The number of carbonyl (C=O) groups is 3. The van der Waals surface area contributed by atoms with Gasteiger partial charge in [0, 0.05) is 30.1 Å². The molecular formula is C27H38O4. The second-order valence-corrected chi connectivity index (χ2v) is 12.1. The molecule has 0 amide bonds. The molecule has 0 aliphatic heterocycles. The van der Waals surface area contributed by atoms with E-state index in [4.69, 9.17) is 4.74 Å². The van der Waals surface area contributed by atoms with Crippen LogP contribution in [0.3, 0.4) is 0 Å². The van der Waals surface area contributed by atoms with Gasteiger partial charge in [0.1, 0.15) is 11.6 Å². The van der Waals surface area contributed by atoms with E-state index < -0.39 is 5.41 Å². The first-order valence-electron chi connectivity index (χ1n) is 12.5. The molecule has 2 bridgehead atoms. The van der Waals surface area contributed by atoms with E-state index in [1.165, 1.54) is 12.7 Å². The van der Waals surface area contributed by atoms with Gasteiger partial charge in [0.2, 0.25) is 0 Å². The first-order chi connectivity index (χ1) is 14.6. The van der Waals surface area contributed by atoms with Crippen LogP contribution in [-0.2, 0) is 19.1 Å². The maximum atomic E-state index is 13.4. The molecule has 170 valence electrons. The lowest BCUT2D eigenvalue weighted by Gasteiger charge is -2.70. The normalized spacial score (nSPS) is 48.6. The predicted octanol–water partition coefficient (Wildman–Crippen LogP) is 5.15. The number of hydrogen-bond donors (Lipinski definition) is 0. The zero-order valence-electron chi connectivity index (χ0n) is 19.8. The zero-order chi connectivity index (χ0) is 22.3. The summed E-state index contributed by atoms with van der Waals surface area (Å²) in [5.41, 5.74) is 0.777. The van der Waals surface area contributed by atoms with Crippen LogP contribution >= 0.6 is 0 Å². The number of Topliss-reactive ketones (excluding diaryl/α,β-unsaturated/α-hetero) is 2. The molecule has 6 aliphatic rings. The number of ketones is 2. The molecule has 4 saturated carbocycles. The molecule has 31 heavy (non-hydrogen) atoms. The summed E-state index contributed by atoms with van der Waals surface area (Å²) in [5.74, 6) is 1.61. The molecule has 1 spiro atoms. The van der Waals surface area contributed by atoms with Crippen molar-refractivity contribution < 1.29 is 19.1 Å². The Morgan fingerprint density at radius 2 is 1.77 bits per heavy atom. The molecule has 0 saturated heterocycles. The summed E-state index contributed by atoms with van der Waals surface area (Å²) < 4.78 is 5.30. The summed E-state index contributed by atoms with van der Waals surface area (Å²) in [6.07, 6.45) is 9.25. The van der Waals surface area contributed by atoms with Crippen molar-refractivity contribution >= 4 is 17.5 Å². The van der Waals surface area contributed by atoms with Gasteiger partial charge < -0.3 is 4.74 Å². The average molecular weight is 427 g/mol. The lowest BCUT2D eigenvalue weighted by Crippen LogP contribution is -2.67. The Hall–Kier alpha value is -1.45. The topological polar surface area (TPSA) is 60.4 Å². The van der Waals surface area contributed by atoms with Crippen molar-refractivity contribution in [2.45, 2.75) is 79.1 Å². The molecule has 8 atom stereocenters. The van der Waals surface area contributed by atoms with Gasteiger partial charge in [-0.15, -0.1) is 0 Å². The number of hydrogen-bond acceptors (Lipinski definition) is 4. The predicted molar refractivity (Wildman–Crippen MR) is 118 cm³/mol.